The minimum Gasteiger partial charge on any atom is -0.396 e. The standard InChI is InChI=1S/C11H17F6NO2/c1-9(2,4-3-5-19)6-18-8(20)7(10(12,13)14)11(15,16)17/h7,19H,3-6H2,1-2H3,(H,18,20). The Morgan fingerprint density at radius 3 is 1.90 bits per heavy atom. The van der Waals surface area contributed by atoms with Gasteiger partial charge in [-0.15, -0.1) is 0 Å². The summed E-state index contributed by atoms with van der Waals surface area (Å²) in [6.07, 6.45) is -10.7. The van der Waals surface area contributed by atoms with Gasteiger partial charge in [0.2, 0.25) is 11.8 Å². The van der Waals surface area contributed by atoms with Crippen LogP contribution in [0.1, 0.15) is 26.7 Å². The summed E-state index contributed by atoms with van der Waals surface area (Å²) >= 11 is 0. The van der Waals surface area contributed by atoms with Gasteiger partial charge in [0.1, 0.15) is 0 Å². The SMILES string of the molecule is CC(C)(CCCO)CNC(=O)C(C(F)(F)F)C(F)(F)F. The van der Waals surface area contributed by atoms with Crippen molar-refractivity contribution >= 4 is 5.91 Å². The van der Waals surface area contributed by atoms with E-state index in [4.69, 9.17) is 5.11 Å². The van der Waals surface area contributed by atoms with Crippen LogP contribution in [0.25, 0.3) is 0 Å². The molecule has 9 heteroatoms. The average Bonchev–Trinajstić information content (AvgIpc) is 2.20. The molecule has 0 heterocycles. The Labute approximate surface area is 112 Å². The number of amides is 1. The molecule has 0 aliphatic rings. The number of aliphatic hydroxyl groups is 1. The fraction of sp³-hybridized carbons (Fsp3) is 0.909. The molecular weight excluding hydrogens is 292 g/mol. The van der Waals surface area contributed by atoms with Crippen molar-refractivity contribution < 1.29 is 36.2 Å². The topological polar surface area (TPSA) is 49.3 Å². The fourth-order valence-corrected chi connectivity index (χ4v) is 1.56. The molecule has 0 aromatic carbocycles. The fourth-order valence-electron chi connectivity index (χ4n) is 1.56. The van der Waals surface area contributed by atoms with Crippen LogP contribution in [-0.2, 0) is 4.79 Å². The molecule has 0 unspecified atom stereocenters. The van der Waals surface area contributed by atoms with Gasteiger partial charge < -0.3 is 10.4 Å². The summed E-state index contributed by atoms with van der Waals surface area (Å²) < 4.78 is 73.7. The molecule has 0 aromatic heterocycles. The number of aliphatic hydroxyl groups excluding tert-OH is 1. The quantitative estimate of drug-likeness (QED) is 0.741. The zero-order valence-electron chi connectivity index (χ0n) is 11.0. The Kier molecular flexibility index (Phi) is 6.31. The lowest BCUT2D eigenvalue weighted by molar-refractivity contribution is -0.274. The first-order valence-corrected chi connectivity index (χ1v) is 5.83. The minimum absolute atomic E-state index is 0.148. The van der Waals surface area contributed by atoms with E-state index < -0.39 is 29.6 Å². The van der Waals surface area contributed by atoms with E-state index in [1.807, 2.05) is 0 Å². The third-order valence-electron chi connectivity index (χ3n) is 2.67. The molecule has 0 bridgehead atoms. The van der Waals surface area contributed by atoms with Crippen LogP contribution in [0.3, 0.4) is 0 Å². The van der Waals surface area contributed by atoms with Crippen LogP contribution in [-0.4, -0.2) is 36.5 Å². The van der Waals surface area contributed by atoms with Gasteiger partial charge in [-0.05, 0) is 18.3 Å². The molecule has 120 valence electrons. The first kappa shape index (κ1) is 19.0. The van der Waals surface area contributed by atoms with Crippen molar-refractivity contribution in [1.82, 2.24) is 5.32 Å². The van der Waals surface area contributed by atoms with Crippen LogP contribution in [0.15, 0.2) is 0 Å². The highest BCUT2D eigenvalue weighted by molar-refractivity contribution is 5.80. The number of halogens is 6. The Balaban J connectivity index is 4.73. The molecule has 20 heavy (non-hydrogen) atoms. The van der Waals surface area contributed by atoms with Gasteiger partial charge in [-0.1, -0.05) is 13.8 Å². The van der Waals surface area contributed by atoms with Gasteiger partial charge in [-0.25, -0.2) is 0 Å². The number of nitrogens with one attached hydrogen (secondary N) is 1. The van der Waals surface area contributed by atoms with Crippen LogP contribution < -0.4 is 5.32 Å². The number of hydrogen-bond donors (Lipinski definition) is 2. The molecule has 0 rings (SSSR count). The van der Waals surface area contributed by atoms with Crippen LogP contribution in [0.5, 0.6) is 0 Å². The molecule has 0 fully saturated rings. The van der Waals surface area contributed by atoms with E-state index in [0.29, 0.717) is 12.8 Å². The first-order chi connectivity index (χ1) is 8.81. The number of carbonyl (C=O) groups excluding carboxylic acids is 1. The van der Waals surface area contributed by atoms with E-state index >= 15 is 0 Å². The van der Waals surface area contributed by atoms with Crippen molar-refractivity contribution in [2.24, 2.45) is 11.3 Å². The average molecular weight is 309 g/mol. The van der Waals surface area contributed by atoms with Gasteiger partial charge >= 0.3 is 12.4 Å². The van der Waals surface area contributed by atoms with Crippen LogP contribution in [0.2, 0.25) is 0 Å². The molecule has 0 saturated heterocycles. The van der Waals surface area contributed by atoms with Gasteiger partial charge in [0, 0.05) is 13.2 Å². The lowest BCUT2D eigenvalue weighted by Crippen LogP contribution is -2.49. The molecule has 0 spiro atoms. The maximum Gasteiger partial charge on any atom is 0.409 e. The lowest BCUT2D eigenvalue weighted by atomic mass is 9.87. The van der Waals surface area contributed by atoms with Crippen LogP contribution in [0.4, 0.5) is 26.3 Å². The second-order valence-corrected chi connectivity index (χ2v) is 5.23. The maximum atomic E-state index is 12.3. The zero-order chi connectivity index (χ0) is 16.2. The molecule has 0 aliphatic carbocycles. The van der Waals surface area contributed by atoms with E-state index in [-0.39, 0.29) is 13.2 Å². The predicted molar refractivity (Wildman–Crippen MR) is 58.7 cm³/mol. The lowest BCUT2D eigenvalue weighted by Gasteiger charge is -2.27. The van der Waals surface area contributed by atoms with Crippen LogP contribution >= 0.6 is 0 Å². The Morgan fingerprint density at radius 2 is 1.55 bits per heavy atom. The van der Waals surface area contributed by atoms with Crippen molar-refractivity contribution in [3.8, 4) is 0 Å². The summed E-state index contributed by atoms with van der Waals surface area (Å²) in [4.78, 5) is 11.2. The molecule has 0 aromatic rings. The smallest absolute Gasteiger partial charge is 0.396 e. The van der Waals surface area contributed by atoms with Gasteiger partial charge in [-0.3, -0.25) is 4.79 Å². The highest BCUT2D eigenvalue weighted by Crippen LogP contribution is 2.39. The summed E-state index contributed by atoms with van der Waals surface area (Å²) in [7, 11) is 0. The highest BCUT2D eigenvalue weighted by Gasteiger charge is 2.61. The van der Waals surface area contributed by atoms with Gasteiger partial charge in [0.25, 0.3) is 0 Å². The monoisotopic (exact) mass is 309 g/mol. The van der Waals surface area contributed by atoms with Crippen molar-refractivity contribution in [3.05, 3.63) is 0 Å². The summed E-state index contributed by atoms with van der Waals surface area (Å²) in [5.74, 6) is -6.13. The number of alkyl halides is 6. The van der Waals surface area contributed by atoms with Gasteiger partial charge in [-0.2, -0.15) is 26.3 Å². The molecule has 0 atom stereocenters. The minimum atomic E-state index is -5.68. The van der Waals surface area contributed by atoms with Crippen molar-refractivity contribution in [2.45, 2.75) is 39.0 Å². The molecule has 3 nitrogen and oxygen atoms in total. The summed E-state index contributed by atoms with van der Waals surface area (Å²) in [6.45, 7) is 2.65. The molecule has 0 aliphatic heterocycles. The normalized spacial score (nSPS) is 13.7. The molecule has 1 amide bonds. The third kappa shape index (κ3) is 6.44. The third-order valence-corrected chi connectivity index (χ3v) is 2.67. The van der Waals surface area contributed by atoms with E-state index in [2.05, 4.69) is 0 Å². The van der Waals surface area contributed by atoms with Crippen LogP contribution in [0, 0.1) is 11.3 Å². The number of carbonyl (C=O) groups is 1. The highest BCUT2D eigenvalue weighted by atomic mass is 19.4. The first-order valence-electron chi connectivity index (χ1n) is 5.83. The van der Waals surface area contributed by atoms with E-state index in [1.165, 1.54) is 0 Å². The molecule has 0 saturated carbocycles. The predicted octanol–water partition coefficient (Wildman–Crippen LogP) is 2.64. The van der Waals surface area contributed by atoms with E-state index in [0.717, 1.165) is 0 Å². The van der Waals surface area contributed by atoms with E-state index in [1.54, 1.807) is 19.2 Å². The summed E-state index contributed by atoms with van der Waals surface area (Å²) in [5, 5.41) is 10.3. The number of hydrogen-bond acceptors (Lipinski definition) is 2. The maximum absolute atomic E-state index is 12.3. The number of rotatable bonds is 6. The Hall–Kier alpha value is -0.990. The van der Waals surface area contributed by atoms with Crippen molar-refractivity contribution in [3.63, 3.8) is 0 Å². The van der Waals surface area contributed by atoms with Gasteiger partial charge in [0.15, 0.2) is 0 Å². The van der Waals surface area contributed by atoms with E-state index in [9.17, 15) is 31.1 Å². The van der Waals surface area contributed by atoms with Gasteiger partial charge in [0.05, 0.1) is 0 Å². The summed E-state index contributed by atoms with van der Waals surface area (Å²) in [5.41, 5.74) is -0.708. The van der Waals surface area contributed by atoms with Crippen molar-refractivity contribution in [1.29, 1.82) is 0 Å². The molecule has 0 radical (unpaired) electrons. The molecular formula is C11H17F6NO2. The van der Waals surface area contributed by atoms with Crippen molar-refractivity contribution in [2.75, 3.05) is 13.2 Å². The summed E-state index contributed by atoms with van der Waals surface area (Å²) in [6, 6.07) is 0. The Morgan fingerprint density at radius 1 is 1.10 bits per heavy atom. The Bertz CT molecular complexity index is 310. The largest absolute Gasteiger partial charge is 0.409 e. The second-order valence-electron chi connectivity index (χ2n) is 5.23. The molecule has 2 N–H and O–H groups in total. The zero-order valence-corrected chi connectivity index (χ0v) is 11.0. The second kappa shape index (κ2) is 6.64.